The van der Waals surface area contributed by atoms with Crippen LogP contribution in [0.5, 0.6) is 0 Å². The van der Waals surface area contributed by atoms with Crippen LogP contribution < -0.4 is 0 Å². The predicted molar refractivity (Wildman–Crippen MR) is 74.8 cm³/mol. The fourth-order valence-electron chi connectivity index (χ4n) is 3.45. The molecule has 1 heterocycles. The molecule has 0 radical (unpaired) electrons. The van der Waals surface area contributed by atoms with Crippen LogP contribution in [-0.2, 0) is 9.53 Å². The highest BCUT2D eigenvalue weighted by atomic mass is 19.3. The first-order chi connectivity index (χ1) is 9.97. The van der Waals surface area contributed by atoms with E-state index in [1.54, 1.807) is 20.8 Å². The Balaban J connectivity index is 2.22. The molecule has 1 aliphatic carbocycles. The van der Waals surface area contributed by atoms with Crippen LogP contribution in [-0.4, -0.2) is 46.2 Å². The normalized spacial score (nSPS) is 27.0. The van der Waals surface area contributed by atoms with Gasteiger partial charge in [-0.15, -0.1) is 0 Å². The van der Waals surface area contributed by atoms with Gasteiger partial charge in [0, 0.05) is 19.4 Å². The first kappa shape index (κ1) is 17.0. The molecule has 1 N–H and O–H groups in total. The van der Waals surface area contributed by atoms with Crippen LogP contribution in [0.25, 0.3) is 0 Å². The molecule has 1 saturated carbocycles. The van der Waals surface area contributed by atoms with Gasteiger partial charge in [0.15, 0.2) is 0 Å². The number of aliphatic carboxylic acids is 1. The number of carboxylic acid groups (broad SMARTS) is 1. The van der Waals surface area contributed by atoms with Crippen molar-refractivity contribution in [2.24, 2.45) is 5.41 Å². The topological polar surface area (TPSA) is 66.8 Å². The summed E-state index contributed by atoms with van der Waals surface area (Å²) in [4.78, 5) is 25.3. The minimum Gasteiger partial charge on any atom is -0.481 e. The Hall–Kier alpha value is -1.40. The number of ether oxygens (including phenoxy) is 1. The van der Waals surface area contributed by atoms with Crippen molar-refractivity contribution in [3.63, 3.8) is 0 Å². The number of carbonyl (C=O) groups is 2. The molecule has 0 aromatic carbocycles. The molecule has 126 valence electrons. The third-order valence-corrected chi connectivity index (χ3v) is 4.34. The molecule has 0 aromatic heterocycles. The maximum absolute atomic E-state index is 13.3. The fraction of sp³-hybridized carbons (Fsp3) is 0.867. The highest BCUT2D eigenvalue weighted by molar-refractivity contribution is 5.79. The molecule has 5 nitrogen and oxygen atoms in total. The highest BCUT2D eigenvalue weighted by Crippen LogP contribution is 2.56. The Morgan fingerprint density at radius 3 is 2.27 bits per heavy atom. The van der Waals surface area contributed by atoms with Gasteiger partial charge < -0.3 is 14.7 Å². The predicted octanol–water partition coefficient (Wildman–Crippen LogP) is 3.28. The summed E-state index contributed by atoms with van der Waals surface area (Å²) in [6, 6.07) is -0.728. The first-order valence-corrected chi connectivity index (χ1v) is 7.58. The van der Waals surface area contributed by atoms with Crippen molar-refractivity contribution in [2.45, 2.75) is 70.4 Å². The summed E-state index contributed by atoms with van der Waals surface area (Å²) in [5, 5.41) is 9.49. The molecule has 1 saturated heterocycles. The quantitative estimate of drug-likeness (QED) is 0.848. The number of piperidine rings is 1. The molecule has 1 amide bonds. The molecule has 0 spiro atoms. The molecule has 1 atom stereocenters. The van der Waals surface area contributed by atoms with Gasteiger partial charge in [0.25, 0.3) is 5.92 Å². The molecule has 22 heavy (non-hydrogen) atoms. The number of alkyl halides is 2. The smallest absolute Gasteiger partial charge is 0.410 e. The second-order valence-corrected chi connectivity index (χ2v) is 7.36. The number of carboxylic acids is 1. The summed E-state index contributed by atoms with van der Waals surface area (Å²) in [7, 11) is 0. The fourth-order valence-corrected chi connectivity index (χ4v) is 3.45. The minimum absolute atomic E-state index is 0.347. The largest absolute Gasteiger partial charge is 0.481 e. The molecule has 0 aromatic rings. The van der Waals surface area contributed by atoms with Gasteiger partial charge in [-0.05, 0) is 40.0 Å². The van der Waals surface area contributed by atoms with Crippen molar-refractivity contribution in [1.29, 1.82) is 0 Å². The second-order valence-electron chi connectivity index (χ2n) is 7.36. The van der Waals surface area contributed by atoms with E-state index < -0.39 is 47.9 Å². The molecular formula is C15H23F2NO4. The van der Waals surface area contributed by atoms with Crippen molar-refractivity contribution in [2.75, 3.05) is 6.54 Å². The van der Waals surface area contributed by atoms with Gasteiger partial charge in [-0.2, -0.15) is 0 Å². The third-order valence-electron chi connectivity index (χ3n) is 4.34. The average Bonchev–Trinajstić information content (AvgIpc) is 2.33. The Kier molecular flexibility index (Phi) is 4.13. The minimum atomic E-state index is -2.96. The number of halogens is 2. The molecule has 2 rings (SSSR count). The van der Waals surface area contributed by atoms with E-state index >= 15 is 0 Å². The molecule has 1 unspecified atom stereocenters. The zero-order valence-electron chi connectivity index (χ0n) is 13.2. The molecule has 7 heteroatoms. The van der Waals surface area contributed by atoms with Crippen LogP contribution in [0.2, 0.25) is 0 Å². The molecular weight excluding hydrogens is 296 g/mol. The van der Waals surface area contributed by atoms with E-state index in [0.29, 0.717) is 13.0 Å². The molecule has 2 aliphatic rings. The number of nitrogens with zero attached hydrogens (tertiary/aromatic N) is 1. The van der Waals surface area contributed by atoms with Gasteiger partial charge in [0.2, 0.25) is 0 Å². The van der Waals surface area contributed by atoms with Crippen molar-refractivity contribution in [3.8, 4) is 0 Å². The lowest BCUT2D eigenvalue weighted by Crippen LogP contribution is -2.64. The van der Waals surface area contributed by atoms with Gasteiger partial charge in [-0.1, -0.05) is 0 Å². The summed E-state index contributed by atoms with van der Waals surface area (Å²) >= 11 is 0. The maximum atomic E-state index is 13.3. The number of carbonyl (C=O) groups excluding carboxylic acids is 1. The Bertz CT molecular complexity index is 465. The van der Waals surface area contributed by atoms with E-state index in [4.69, 9.17) is 4.74 Å². The summed E-state index contributed by atoms with van der Waals surface area (Å²) in [6.07, 6.45) is -0.167. The van der Waals surface area contributed by atoms with Gasteiger partial charge in [0.05, 0.1) is 11.5 Å². The number of likely N-dealkylation sites (tertiary alicyclic amines) is 1. The zero-order chi connectivity index (χ0) is 16.8. The van der Waals surface area contributed by atoms with Crippen molar-refractivity contribution < 1.29 is 28.2 Å². The van der Waals surface area contributed by atoms with Crippen LogP contribution in [0, 0.1) is 5.41 Å². The van der Waals surface area contributed by atoms with Crippen molar-refractivity contribution in [1.82, 2.24) is 4.90 Å². The third kappa shape index (κ3) is 3.17. The van der Waals surface area contributed by atoms with Gasteiger partial charge in [-0.3, -0.25) is 4.79 Å². The number of hydrogen-bond donors (Lipinski definition) is 1. The SMILES string of the molecule is CC(C)(C)OC(=O)N1CCCCC1C1(C(=O)O)CC(F)(F)C1. The summed E-state index contributed by atoms with van der Waals surface area (Å²) in [5.74, 6) is -4.21. The molecule has 1 aliphatic heterocycles. The maximum Gasteiger partial charge on any atom is 0.410 e. The van der Waals surface area contributed by atoms with Gasteiger partial charge >= 0.3 is 12.1 Å². The lowest BCUT2D eigenvalue weighted by molar-refractivity contribution is -0.210. The average molecular weight is 319 g/mol. The second kappa shape index (κ2) is 5.35. The molecule has 0 bridgehead atoms. The monoisotopic (exact) mass is 319 g/mol. The van der Waals surface area contributed by atoms with Gasteiger partial charge in [0.1, 0.15) is 5.60 Å². The Morgan fingerprint density at radius 1 is 1.23 bits per heavy atom. The standard InChI is InChI=1S/C15H23F2NO4/c1-13(2,3)22-12(21)18-7-5-4-6-10(18)14(11(19)20)8-15(16,17)9-14/h10H,4-9H2,1-3H3,(H,19,20). The van der Waals surface area contributed by atoms with E-state index in [-0.39, 0.29) is 0 Å². The van der Waals surface area contributed by atoms with Crippen LogP contribution >= 0.6 is 0 Å². The Labute approximate surface area is 128 Å². The summed E-state index contributed by atoms with van der Waals surface area (Å²) < 4.78 is 32.0. The lowest BCUT2D eigenvalue weighted by atomic mass is 9.59. The van der Waals surface area contributed by atoms with Crippen LogP contribution in [0.3, 0.4) is 0 Å². The van der Waals surface area contributed by atoms with Crippen molar-refractivity contribution >= 4 is 12.1 Å². The molecule has 2 fully saturated rings. The lowest BCUT2D eigenvalue weighted by Gasteiger charge is -2.53. The van der Waals surface area contributed by atoms with Crippen LogP contribution in [0.1, 0.15) is 52.9 Å². The number of hydrogen-bond acceptors (Lipinski definition) is 3. The Morgan fingerprint density at radius 2 is 1.82 bits per heavy atom. The van der Waals surface area contributed by atoms with Crippen LogP contribution in [0.4, 0.5) is 13.6 Å². The van der Waals surface area contributed by atoms with E-state index in [2.05, 4.69) is 0 Å². The zero-order valence-corrected chi connectivity index (χ0v) is 13.2. The van der Waals surface area contributed by atoms with Gasteiger partial charge in [-0.25, -0.2) is 13.6 Å². The first-order valence-electron chi connectivity index (χ1n) is 7.58. The van der Waals surface area contributed by atoms with Crippen molar-refractivity contribution in [3.05, 3.63) is 0 Å². The van der Waals surface area contributed by atoms with Crippen LogP contribution in [0.15, 0.2) is 0 Å². The number of rotatable bonds is 2. The number of amides is 1. The van der Waals surface area contributed by atoms with E-state index in [0.717, 1.165) is 12.8 Å². The van der Waals surface area contributed by atoms with E-state index in [9.17, 15) is 23.5 Å². The summed E-state index contributed by atoms with van der Waals surface area (Å²) in [6.45, 7) is 5.50. The van der Waals surface area contributed by atoms with E-state index in [1.807, 2.05) is 0 Å². The highest BCUT2D eigenvalue weighted by Gasteiger charge is 2.66. The van der Waals surface area contributed by atoms with E-state index in [1.165, 1.54) is 4.90 Å². The summed E-state index contributed by atoms with van der Waals surface area (Å²) in [5.41, 5.74) is -2.26.